The molecule has 29 heavy (non-hydrogen) atoms. The smallest absolute Gasteiger partial charge is 0.318 e. The normalized spacial score (nSPS) is 16.2. The van der Waals surface area contributed by atoms with Crippen molar-refractivity contribution >= 4 is 29.0 Å². The second-order valence-corrected chi connectivity index (χ2v) is 7.96. The van der Waals surface area contributed by atoms with E-state index in [4.69, 9.17) is 9.15 Å². The third-order valence-corrected chi connectivity index (χ3v) is 5.35. The number of nitrogens with zero attached hydrogens (tertiary/aromatic N) is 3. The van der Waals surface area contributed by atoms with Gasteiger partial charge in [-0.1, -0.05) is 6.07 Å². The first-order valence-electron chi connectivity index (χ1n) is 9.50. The molecule has 0 fully saturated rings. The van der Waals surface area contributed by atoms with Crippen molar-refractivity contribution in [2.75, 3.05) is 26.8 Å². The fourth-order valence-electron chi connectivity index (χ4n) is 3.06. The van der Waals surface area contributed by atoms with E-state index in [1.54, 1.807) is 30.8 Å². The van der Waals surface area contributed by atoms with E-state index < -0.39 is 0 Å². The molecular formula is C20H26N4O4S. The molecule has 1 aliphatic rings. The third kappa shape index (κ3) is 5.24. The van der Waals surface area contributed by atoms with E-state index in [2.05, 4.69) is 10.4 Å². The summed E-state index contributed by atoms with van der Waals surface area (Å²) in [5, 5.41) is 10.8. The molecule has 0 radical (unpaired) electrons. The predicted molar refractivity (Wildman–Crippen MR) is 111 cm³/mol. The standard InChI is InChI=1S/C20H26N4O4S/c1-14(2)21-20(26)23(8-10-27-3)13-19(25)24-16(17-6-4-9-28-17)12-15(22-24)18-7-5-11-29-18/h4-7,9,11,14,16H,8,10,12-13H2,1-3H3,(H,21,26). The SMILES string of the molecule is COCCN(CC(=O)N1N=C(c2cccs2)CC1c1ccco1)C(=O)NC(C)C. The first-order valence-corrected chi connectivity index (χ1v) is 10.4. The van der Waals surface area contributed by atoms with Crippen LogP contribution in [0.3, 0.4) is 0 Å². The first-order chi connectivity index (χ1) is 14.0. The molecule has 3 rings (SSSR count). The number of amides is 3. The minimum Gasteiger partial charge on any atom is -0.467 e. The molecule has 9 heteroatoms. The Morgan fingerprint density at radius 3 is 2.86 bits per heavy atom. The maximum Gasteiger partial charge on any atom is 0.318 e. The monoisotopic (exact) mass is 418 g/mol. The van der Waals surface area contributed by atoms with Gasteiger partial charge in [0.25, 0.3) is 5.91 Å². The van der Waals surface area contributed by atoms with Crippen LogP contribution in [0.4, 0.5) is 4.79 Å². The molecule has 0 bridgehead atoms. The molecule has 8 nitrogen and oxygen atoms in total. The van der Waals surface area contributed by atoms with Gasteiger partial charge in [0.15, 0.2) is 0 Å². The lowest BCUT2D eigenvalue weighted by Crippen LogP contribution is -2.48. The molecule has 0 spiro atoms. The number of furan rings is 1. The zero-order valence-corrected chi connectivity index (χ0v) is 17.6. The highest BCUT2D eigenvalue weighted by atomic mass is 32.1. The van der Waals surface area contributed by atoms with Crippen molar-refractivity contribution in [3.63, 3.8) is 0 Å². The molecule has 0 aromatic carbocycles. The molecule has 1 aliphatic heterocycles. The zero-order chi connectivity index (χ0) is 20.8. The average molecular weight is 419 g/mol. The molecule has 3 heterocycles. The van der Waals surface area contributed by atoms with Gasteiger partial charge in [-0.2, -0.15) is 5.10 Å². The van der Waals surface area contributed by atoms with Crippen LogP contribution in [0.15, 0.2) is 45.4 Å². The number of hydrogen-bond acceptors (Lipinski definition) is 6. The van der Waals surface area contributed by atoms with E-state index in [-0.39, 0.29) is 30.6 Å². The highest BCUT2D eigenvalue weighted by molar-refractivity contribution is 7.12. The van der Waals surface area contributed by atoms with Gasteiger partial charge in [0, 0.05) is 26.1 Å². The molecular weight excluding hydrogens is 392 g/mol. The molecule has 3 amide bonds. The quantitative estimate of drug-likeness (QED) is 0.714. The summed E-state index contributed by atoms with van der Waals surface area (Å²) in [7, 11) is 1.56. The molecule has 0 aliphatic carbocycles. The first kappa shape index (κ1) is 21.1. The van der Waals surface area contributed by atoms with Crippen molar-refractivity contribution in [1.82, 2.24) is 15.2 Å². The van der Waals surface area contributed by atoms with Gasteiger partial charge in [-0.3, -0.25) is 4.79 Å². The largest absolute Gasteiger partial charge is 0.467 e. The van der Waals surface area contributed by atoms with Crippen molar-refractivity contribution in [2.45, 2.75) is 32.4 Å². The minimum atomic E-state index is -0.327. The van der Waals surface area contributed by atoms with Gasteiger partial charge in [0.05, 0.1) is 23.5 Å². The Bertz CT molecular complexity index is 833. The maximum absolute atomic E-state index is 13.1. The molecule has 1 atom stereocenters. The van der Waals surface area contributed by atoms with Gasteiger partial charge in [-0.25, -0.2) is 9.80 Å². The Balaban J connectivity index is 1.79. The summed E-state index contributed by atoms with van der Waals surface area (Å²) in [5.74, 6) is 0.400. The van der Waals surface area contributed by atoms with Gasteiger partial charge < -0.3 is 19.4 Å². The second kappa shape index (κ2) is 9.71. The third-order valence-electron chi connectivity index (χ3n) is 4.43. The van der Waals surface area contributed by atoms with E-state index >= 15 is 0 Å². The Morgan fingerprint density at radius 2 is 2.24 bits per heavy atom. The Kier molecular flexibility index (Phi) is 7.05. The Labute approximate surface area is 174 Å². The van der Waals surface area contributed by atoms with Crippen LogP contribution in [0.1, 0.15) is 36.9 Å². The summed E-state index contributed by atoms with van der Waals surface area (Å²) in [6, 6.07) is 6.91. The maximum atomic E-state index is 13.1. The molecule has 156 valence electrons. The number of thiophene rings is 1. The van der Waals surface area contributed by atoms with Crippen molar-refractivity contribution < 1.29 is 18.7 Å². The number of hydrazone groups is 1. The fraction of sp³-hybridized carbons (Fsp3) is 0.450. The zero-order valence-electron chi connectivity index (χ0n) is 16.8. The number of ether oxygens (including phenoxy) is 1. The lowest BCUT2D eigenvalue weighted by atomic mass is 10.1. The summed E-state index contributed by atoms with van der Waals surface area (Å²) in [4.78, 5) is 28.1. The van der Waals surface area contributed by atoms with Gasteiger partial charge in [0.2, 0.25) is 0 Å². The van der Waals surface area contributed by atoms with Crippen molar-refractivity contribution in [3.8, 4) is 0 Å². The number of methoxy groups -OCH3 is 1. The van der Waals surface area contributed by atoms with Crippen LogP contribution < -0.4 is 5.32 Å². The number of urea groups is 1. The second-order valence-electron chi connectivity index (χ2n) is 7.02. The number of rotatable bonds is 8. The van der Waals surface area contributed by atoms with Crippen molar-refractivity contribution in [2.24, 2.45) is 5.10 Å². The average Bonchev–Trinajstić information content (AvgIpc) is 3.44. The lowest BCUT2D eigenvalue weighted by molar-refractivity contribution is -0.134. The molecule has 1 N–H and O–H groups in total. The number of carbonyl (C=O) groups excluding carboxylic acids is 2. The fourth-order valence-corrected chi connectivity index (χ4v) is 3.78. The van der Waals surface area contributed by atoms with Gasteiger partial charge >= 0.3 is 6.03 Å². The predicted octanol–water partition coefficient (Wildman–Crippen LogP) is 3.09. The van der Waals surface area contributed by atoms with Crippen LogP contribution in [0.25, 0.3) is 0 Å². The van der Waals surface area contributed by atoms with Gasteiger partial charge in [0.1, 0.15) is 18.3 Å². The molecule has 0 saturated heterocycles. The van der Waals surface area contributed by atoms with E-state index in [0.29, 0.717) is 25.3 Å². The van der Waals surface area contributed by atoms with Crippen LogP contribution in [0.5, 0.6) is 0 Å². The number of carbonyl (C=O) groups is 2. The van der Waals surface area contributed by atoms with E-state index in [1.165, 1.54) is 9.91 Å². The summed E-state index contributed by atoms with van der Waals surface area (Å²) < 4.78 is 10.6. The van der Waals surface area contributed by atoms with Crippen molar-refractivity contribution in [3.05, 3.63) is 46.5 Å². The summed E-state index contributed by atoms with van der Waals surface area (Å²) in [6.45, 7) is 4.30. The molecule has 2 aromatic rings. The summed E-state index contributed by atoms with van der Waals surface area (Å²) in [6.07, 6.45) is 2.15. The van der Waals surface area contributed by atoms with Crippen LogP contribution in [0, 0.1) is 0 Å². The highest BCUT2D eigenvalue weighted by Gasteiger charge is 2.36. The number of hydrogen-bond donors (Lipinski definition) is 1. The van der Waals surface area contributed by atoms with Gasteiger partial charge in [-0.05, 0) is 37.4 Å². The molecule has 0 saturated carbocycles. The number of nitrogens with one attached hydrogen (secondary N) is 1. The molecule has 2 aromatic heterocycles. The van der Waals surface area contributed by atoms with Crippen LogP contribution in [-0.2, 0) is 9.53 Å². The van der Waals surface area contributed by atoms with Crippen LogP contribution in [0.2, 0.25) is 0 Å². The minimum absolute atomic E-state index is 0.0336. The topological polar surface area (TPSA) is 87.4 Å². The van der Waals surface area contributed by atoms with E-state index in [1.807, 2.05) is 37.4 Å². The van der Waals surface area contributed by atoms with Crippen molar-refractivity contribution in [1.29, 1.82) is 0 Å². The Hall–Kier alpha value is -2.65. The molecule has 1 unspecified atom stereocenters. The van der Waals surface area contributed by atoms with E-state index in [9.17, 15) is 9.59 Å². The van der Waals surface area contributed by atoms with Crippen LogP contribution in [-0.4, -0.2) is 60.4 Å². The van der Waals surface area contributed by atoms with E-state index in [0.717, 1.165) is 10.6 Å². The summed E-state index contributed by atoms with van der Waals surface area (Å²) in [5.41, 5.74) is 0.838. The highest BCUT2D eigenvalue weighted by Crippen LogP contribution is 2.34. The lowest BCUT2D eigenvalue weighted by Gasteiger charge is -2.26. The van der Waals surface area contributed by atoms with Gasteiger partial charge in [-0.15, -0.1) is 11.3 Å². The Morgan fingerprint density at radius 1 is 1.41 bits per heavy atom. The summed E-state index contributed by atoms with van der Waals surface area (Å²) >= 11 is 1.58. The van der Waals surface area contributed by atoms with Crippen LogP contribution >= 0.6 is 11.3 Å².